The number of halogens is 3. The fourth-order valence-electron chi connectivity index (χ4n) is 3.01. The van der Waals surface area contributed by atoms with Crippen LogP contribution in [-0.2, 0) is 6.18 Å². The molecule has 1 fully saturated rings. The van der Waals surface area contributed by atoms with Gasteiger partial charge in [-0.05, 0) is 49.7 Å². The van der Waals surface area contributed by atoms with Crippen molar-refractivity contribution in [3.05, 3.63) is 29.8 Å². The summed E-state index contributed by atoms with van der Waals surface area (Å²) in [7, 11) is 0. The molecule has 1 aliphatic rings. The highest BCUT2D eigenvalue weighted by atomic mass is 19.4. The second-order valence-electron chi connectivity index (χ2n) is 6.04. The zero-order valence-corrected chi connectivity index (χ0v) is 12.0. The fourth-order valence-corrected chi connectivity index (χ4v) is 3.01. The summed E-state index contributed by atoms with van der Waals surface area (Å²) >= 11 is 0. The third-order valence-electron chi connectivity index (χ3n) is 4.31. The zero-order chi connectivity index (χ0) is 14.8. The number of rotatable bonds is 3. The number of anilines is 1. The molecule has 0 radical (unpaired) electrons. The summed E-state index contributed by atoms with van der Waals surface area (Å²) in [6.45, 7) is 4.44. The van der Waals surface area contributed by atoms with Gasteiger partial charge in [0.25, 0.3) is 0 Å². The monoisotopic (exact) mass is 285 g/mol. The molecule has 0 saturated heterocycles. The molecule has 4 heteroatoms. The molecule has 1 saturated carbocycles. The molecule has 1 aromatic rings. The first kappa shape index (κ1) is 15.2. The van der Waals surface area contributed by atoms with Crippen LogP contribution in [0.25, 0.3) is 0 Å². The van der Waals surface area contributed by atoms with Gasteiger partial charge in [-0.2, -0.15) is 13.2 Å². The minimum atomic E-state index is -4.29. The summed E-state index contributed by atoms with van der Waals surface area (Å²) in [4.78, 5) is 0. The second kappa shape index (κ2) is 6.06. The SMILES string of the molecule is CC(C)C1CCC(Nc2ccccc2C(F)(F)F)CC1. The molecule has 0 aliphatic heterocycles. The van der Waals surface area contributed by atoms with E-state index >= 15 is 0 Å². The van der Waals surface area contributed by atoms with Crippen LogP contribution in [0.1, 0.15) is 45.1 Å². The van der Waals surface area contributed by atoms with Gasteiger partial charge in [-0.15, -0.1) is 0 Å². The Morgan fingerprint density at radius 3 is 2.20 bits per heavy atom. The average molecular weight is 285 g/mol. The van der Waals surface area contributed by atoms with Crippen molar-refractivity contribution in [1.82, 2.24) is 0 Å². The molecule has 2 rings (SSSR count). The van der Waals surface area contributed by atoms with Crippen LogP contribution in [0.4, 0.5) is 18.9 Å². The quantitative estimate of drug-likeness (QED) is 0.791. The number of hydrogen-bond donors (Lipinski definition) is 1. The number of para-hydroxylation sites is 1. The van der Waals surface area contributed by atoms with E-state index in [9.17, 15) is 13.2 Å². The van der Waals surface area contributed by atoms with Crippen LogP contribution >= 0.6 is 0 Å². The van der Waals surface area contributed by atoms with Crippen LogP contribution in [0, 0.1) is 11.8 Å². The van der Waals surface area contributed by atoms with Crippen LogP contribution < -0.4 is 5.32 Å². The van der Waals surface area contributed by atoms with Gasteiger partial charge in [0.15, 0.2) is 0 Å². The third kappa shape index (κ3) is 3.68. The molecule has 0 spiro atoms. The minimum Gasteiger partial charge on any atom is -0.382 e. The summed E-state index contributed by atoms with van der Waals surface area (Å²) in [5.41, 5.74) is -0.348. The van der Waals surface area contributed by atoms with Gasteiger partial charge in [0.1, 0.15) is 0 Å². The summed E-state index contributed by atoms with van der Waals surface area (Å²) in [5.74, 6) is 1.38. The molecular weight excluding hydrogens is 263 g/mol. The topological polar surface area (TPSA) is 12.0 Å². The van der Waals surface area contributed by atoms with Crippen molar-refractivity contribution in [2.75, 3.05) is 5.32 Å². The van der Waals surface area contributed by atoms with Gasteiger partial charge in [0, 0.05) is 11.7 Å². The van der Waals surface area contributed by atoms with Crippen molar-refractivity contribution in [3.8, 4) is 0 Å². The number of nitrogens with one attached hydrogen (secondary N) is 1. The van der Waals surface area contributed by atoms with E-state index in [1.165, 1.54) is 12.1 Å². The summed E-state index contributed by atoms with van der Waals surface area (Å²) in [6.07, 6.45) is -0.185. The Kier molecular flexibility index (Phi) is 4.61. The summed E-state index contributed by atoms with van der Waals surface area (Å²) < 4.78 is 38.8. The number of hydrogen-bond acceptors (Lipinski definition) is 1. The van der Waals surface area contributed by atoms with Crippen molar-refractivity contribution in [2.45, 2.75) is 51.7 Å². The Balaban J connectivity index is 2.02. The molecule has 0 heterocycles. The van der Waals surface area contributed by atoms with E-state index in [4.69, 9.17) is 0 Å². The Hall–Kier alpha value is -1.19. The van der Waals surface area contributed by atoms with E-state index in [0.29, 0.717) is 11.8 Å². The van der Waals surface area contributed by atoms with Gasteiger partial charge >= 0.3 is 6.18 Å². The van der Waals surface area contributed by atoms with Gasteiger partial charge in [0.2, 0.25) is 0 Å². The first-order valence-corrected chi connectivity index (χ1v) is 7.30. The van der Waals surface area contributed by atoms with Gasteiger partial charge in [0.05, 0.1) is 5.56 Å². The van der Waals surface area contributed by atoms with Crippen molar-refractivity contribution >= 4 is 5.69 Å². The van der Waals surface area contributed by atoms with E-state index in [2.05, 4.69) is 19.2 Å². The van der Waals surface area contributed by atoms with E-state index in [1.807, 2.05) is 0 Å². The molecule has 0 bridgehead atoms. The molecule has 0 unspecified atom stereocenters. The molecule has 0 amide bonds. The second-order valence-corrected chi connectivity index (χ2v) is 6.04. The normalized spacial score (nSPS) is 23.9. The standard InChI is InChI=1S/C16H22F3N/c1-11(2)12-7-9-13(10-8-12)20-15-6-4-3-5-14(15)16(17,18)19/h3-6,11-13,20H,7-10H2,1-2H3. The van der Waals surface area contributed by atoms with E-state index in [1.54, 1.807) is 6.07 Å². The van der Waals surface area contributed by atoms with Gasteiger partial charge in [-0.25, -0.2) is 0 Å². The van der Waals surface area contributed by atoms with Crippen LogP contribution in [0.2, 0.25) is 0 Å². The Morgan fingerprint density at radius 1 is 1.05 bits per heavy atom. The average Bonchev–Trinajstić information content (AvgIpc) is 2.38. The van der Waals surface area contributed by atoms with Crippen molar-refractivity contribution in [1.29, 1.82) is 0 Å². The lowest BCUT2D eigenvalue weighted by Crippen LogP contribution is -2.28. The fraction of sp³-hybridized carbons (Fsp3) is 0.625. The van der Waals surface area contributed by atoms with Crippen molar-refractivity contribution in [2.24, 2.45) is 11.8 Å². The summed E-state index contributed by atoms with van der Waals surface area (Å²) in [6, 6.07) is 5.91. The highest BCUT2D eigenvalue weighted by molar-refractivity contribution is 5.53. The van der Waals surface area contributed by atoms with Crippen LogP contribution in [0.3, 0.4) is 0 Å². The molecule has 0 atom stereocenters. The Bertz CT molecular complexity index is 432. The Morgan fingerprint density at radius 2 is 1.65 bits per heavy atom. The summed E-state index contributed by atoms with van der Waals surface area (Å²) in [5, 5.41) is 3.10. The van der Waals surface area contributed by atoms with E-state index in [-0.39, 0.29) is 11.7 Å². The minimum absolute atomic E-state index is 0.161. The molecule has 1 aliphatic carbocycles. The van der Waals surface area contributed by atoms with Gasteiger partial charge in [-0.3, -0.25) is 0 Å². The highest BCUT2D eigenvalue weighted by Gasteiger charge is 2.34. The first-order valence-electron chi connectivity index (χ1n) is 7.30. The molecule has 1 N–H and O–H groups in total. The van der Waals surface area contributed by atoms with Crippen LogP contribution in [0.5, 0.6) is 0 Å². The first-order chi connectivity index (χ1) is 9.38. The van der Waals surface area contributed by atoms with E-state index in [0.717, 1.165) is 31.7 Å². The Labute approximate surface area is 118 Å². The number of benzene rings is 1. The lowest BCUT2D eigenvalue weighted by molar-refractivity contribution is -0.137. The maximum absolute atomic E-state index is 12.9. The smallest absolute Gasteiger partial charge is 0.382 e. The largest absolute Gasteiger partial charge is 0.418 e. The molecule has 112 valence electrons. The van der Waals surface area contributed by atoms with Crippen molar-refractivity contribution < 1.29 is 13.2 Å². The van der Waals surface area contributed by atoms with Gasteiger partial charge in [-0.1, -0.05) is 26.0 Å². The number of alkyl halides is 3. The zero-order valence-electron chi connectivity index (χ0n) is 12.0. The molecule has 1 aromatic carbocycles. The van der Waals surface area contributed by atoms with Crippen molar-refractivity contribution in [3.63, 3.8) is 0 Å². The van der Waals surface area contributed by atoms with Crippen LogP contribution in [-0.4, -0.2) is 6.04 Å². The van der Waals surface area contributed by atoms with E-state index < -0.39 is 11.7 Å². The predicted octanol–water partition coefficient (Wildman–Crippen LogP) is 5.33. The predicted molar refractivity (Wildman–Crippen MR) is 75.7 cm³/mol. The molecule has 1 nitrogen and oxygen atoms in total. The maximum atomic E-state index is 12.9. The molecule has 0 aromatic heterocycles. The maximum Gasteiger partial charge on any atom is 0.418 e. The molecular formula is C16H22F3N. The lowest BCUT2D eigenvalue weighted by Gasteiger charge is -2.32. The van der Waals surface area contributed by atoms with Crippen LogP contribution in [0.15, 0.2) is 24.3 Å². The van der Waals surface area contributed by atoms with Gasteiger partial charge < -0.3 is 5.32 Å². The highest BCUT2D eigenvalue weighted by Crippen LogP contribution is 2.37. The molecule has 20 heavy (non-hydrogen) atoms. The third-order valence-corrected chi connectivity index (χ3v) is 4.31. The lowest BCUT2D eigenvalue weighted by atomic mass is 9.79.